The van der Waals surface area contributed by atoms with Crippen molar-refractivity contribution in [1.82, 2.24) is 4.98 Å². The fraction of sp³-hybridized carbons (Fsp3) is 0.444. The van der Waals surface area contributed by atoms with E-state index in [2.05, 4.69) is 4.98 Å². The highest BCUT2D eigenvalue weighted by Gasteiger charge is 2.24. The van der Waals surface area contributed by atoms with Crippen LogP contribution in [0.4, 0.5) is 0 Å². The van der Waals surface area contributed by atoms with Gasteiger partial charge in [0.2, 0.25) is 0 Å². The van der Waals surface area contributed by atoms with Crippen LogP contribution in [0.15, 0.2) is 6.07 Å². The Kier molecular flexibility index (Phi) is 6.62. The molecule has 0 N–H and O–H groups in total. The molecule has 18 heavy (non-hydrogen) atoms. The maximum Gasteiger partial charge on any atom is 0.380 e. The minimum Gasteiger partial charge on any atom is -0.422 e. The topological polar surface area (TPSA) is 40.6 Å². The maximum absolute atomic E-state index is 5.95. The minimum absolute atomic E-state index is 0.0358. The van der Waals surface area contributed by atoms with Crippen LogP contribution in [0.1, 0.15) is 13.8 Å². The molecule has 0 saturated carbocycles. The van der Waals surface area contributed by atoms with Crippen LogP contribution in [0, 0.1) is 0 Å². The van der Waals surface area contributed by atoms with Gasteiger partial charge < -0.3 is 4.52 Å². The zero-order chi connectivity index (χ0) is 13.8. The lowest BCUT2D eigenvalue weighted by Crippen LogP contribution is -2.02. The smallest absolute Gasteiger partial charge is 0.380 e. The molecule has 1 aromatic heterocycles. The van der Waals surface area contributed by atoms with Crippen LogP contribution in [0.25, 0.3) is 0 Å². The lowest BCUT2D eigenvalue weighted by molar-refractivity contribution is 0.218. The molecule has 0 saturated heterocycles. The van der Waals surface area contributed by atoms with E-state index in [1.165, 1.54) is 6.07 Å². The van der Waals surface area contributed by atoms with E-state index >= 15 is 0 Å². The van der Waals surface area contributed by atoms with Crippen molar-refractivity contribution >= 4 is 53.3 Å². The van der Waals surface area contributed by atoms with Gasteiger partial charge in [-0.15, -0.1) is 0 Å². The molecular weight excluding hydrogens is 340 g/mol. The van der Waals surface area contributed by atoms with Gasteiger partial charge in [-0.2, -0.15) is 0 Å². The standard InChI is InChI=1S/C9H11Cl3NO3PS/c1-3-14-17(18,15-4-2)16-6-5-7(10)13-9(12)8(6)11/h5H,3-4H2,1-2H3. The van der Waals surface area contributed by atoms with Crippen molar-refractivity contribution in [1.29, 1.82) is 0 Å². The Morgan fingerprint density at radius 3 is 2.28 bits per heavy atom. The van der Waals surface area contributed by atoms with E-state index in [0.717, 1.165) is 0 Å². The third-order valence-corrected chi connectivity index (χ3v) is 4.99. The maximum atomic E-state index is 5.95. The lowest BCUT2D eigenvalue weighted by Gasteiger charge is -2.21. The molecule has 0 aliphatic carbocycles. The number of hydrogen-bond donors (Lipinski definition) is 0. The number of rotatable bonds is 6. The Hall–Kier alpha value is 0.390. The van der Waals surface area contributed by atoms with Gasteiger partial charge in [0.15, 0.2) is 10.9 Å². The Morgan fingerprint density at radius 2 is 1.78 bits per heavy atom. The van der Waals surface area contributed by atoms with Gasteiger partial charge in [-0.1, -0.05) is 34.8 Å². The van der Waals surface area contributed by atoms with Crippen LogP contribution >= 0.6 is 41.5 Å². The van der Waals surface area contributed by atoms with E-state index < -0.39 is 6.72 Å². The van der Waals surface area contributed by atoms with Gasteiger partial charge in [0.1, 0.15) is 10.2 Å². The molecule has 0 aliphatic rings. The highest BCUT2D eigenvalue weighted by atomic mass is 35.5. The van der Waals surface area contributed by atoms with Crippen LogP contribution in [0.3, 0.4) is 0 Å². The molecule has 4 nitrogen and oxygen atoms in total. The fourth-order valence-electron chi connectivity index (χ4n) is 1.04. The Balaban J connectivity index is 3.04. The predicted molar refractivity (Wildman–Crippen MR) is 77.4 cm³/mol. The van der Waals surface area contributed by atoms with Gasteiger partial charge >= 0.3 is 6.72 Å². The minimum atomic E-state index is -2.90. The molecule has 0 bridgehead atoms. The SMILES string of the molecule is CCOP(=S)(OCC)Oc1cc(Cl)nc(Cl)c1Cl. The first-order chi connectivity index (χ1) is 8.41. The summed E-state index contributed by atoms with van der Waals surface area (Å²) in [6.45, 7) is 1.40. The first kappa shape index (κ1) is 16.4. The normalized spacial score (nSPS) is 11.6. The van der Waals surface area contributed by atoms with E-state index in [0.29, 0.717) is 13.2 Å². The number of nitrogens with zero attached hydrogens (tertiary/aromatic N) is 1. The van der Waals surface area contributed by atoms with Crippen LogP contribution in [0.5, 0.6) is 5.75 Å². The second kappa shape index (κ2) is 7.25. The highest BCUT2D eigenvalue weighted by Crippen LogP contribution is 2.52. The van der Waals surface area contributed by atoms with Crippen molar-refractivity contribution in [2.75, 3.05) is 13.2 Å². The molecule has 0 atom stereocenters. The highest BCUT2D eigenvalue weighted by molar-refractivity contribution is 8.07. The fourth-order valence-corrected chi connectivity index (χ4v) is 3.71. The predicted octanol–water partition coefficient (Wildman–Crippen LogP) is 4.72. The van der Waals surface area contributed by atoms with E-state index in [4.69, 9.17) is 60.2 Å². The molecule has 0 aliphatic heterocycles. The molecular formula is C9H11Cl3NO3PS. The second-order valence-electron chi connectivity index (χ2n) is 2.92. The van der Waals surface area contributed by atoms with Crippen molar-refractivity contribution in [2.24, 2.45) is 0 Å². The third kappa shape index (κ3) is 4.49. The Morgan fingerprint density at radius 1 is 1.22 bits per heavy atom. The molecule has 9 heteroatoms. The Labute approximate surface area is 126 Å². The molecule has 102 valence electrons. The first-order valence-electron chi connectivity index (χ1n) is 5.02. The lowest BCUT2D eigenvalue weighted by atomic mass is 10.4. The molecule has 0 amide bonds. The molecule has 0 spiro atoms. The van der Waals surface area contributed by atoms with E-state index in [9.17, 15) is 0 Å². The Bertz CT molecular complexity index is 465. The number of aromatic nitrogens is 1. The van der Waals surface area contributed by atoms with Crippen LogP contribution in [0.2, 0.25) is 15.3 Å². The van der Waals surface area contributed by atoms with Crippen molar-refractivity contribution < 1.29 is 13.6 Å². The second-order valence-corrected chi connectivity index (χ2v) is 6.98. The summed E-state index contributed by atoms with van der Waals surface area (Å²) in [5, 5.41) is 0.303. The first-order valence-corrected chi connectivity index (χ1v) is 8.71. The number of halogens is 3. The number of pyridine rings is 1. The summed E-state index contributed by atoms with van der Waals surface area (Å²) in [5.41, 5.74) is 0. The summed E-state index contributed by atoms with van der Waals surface area (Å²) in [4.78, 5) is 3.77. The molecule has 1 heterocycles. The van der Waals surface area contributed by atoms with Crippen molar-refractivity contribution in [3.8, 4) is 5.75 Å². The van der Waals surface area contributed by atoms with Crippen molar-refractivity contribution in [3.05, 3.63) is 21.4 Å². The molecule has 0 aromatic carbocycles. The molecule has 1 aromatic rings. The molecule has 0 fully saturated rings. The average molecular weight is 351 g/mol. The zero-order valence-corrected chi connectivity index (χ0v) is 13.6. The summed E-state index contributed by atoms with van der Waals surface area (Å²) < 4.78 is 16.2. The summed E-state index contributed by atoms with van der Waals surface area (Å²) in [7, 11) is 0. The molecule has 0 unspecified atom stereocenters. The third-order valence-electron chi connectivity index (χ3n) is 1.64. The quantitative estimate of drug-likeness (QED) is 0.548. The van der Waals surface area contributed by atoms with Crippen LogP contribution in [-0.4, -0.2) is 18.2 Å². The van der Waals surface area contributed by atoms with E-state index in [1.54, 1.807) is 13.8 Å². The van der Waals surface area contributed by atoms with Crippen molar-refractivity contribution in [2.45, 2.75) is 13.8 Å². The van der Waals surface area contributed by atoms with Gasteiger partial charge in [0.25, 0.3) is 0 Å². The monoisotopic (exact) mass is 349 g/mol. The average Bonchev–Trinajstić information content (AvgIpc) is 2.25. The van der Waals surface area contributed by atoms with E-state index in [-0.39, 0.29) is 21.1 Å². The zero-order valence-electron chi connectivity index (χ0n) is 9.65. The van der Waals surface area contributed by atoms with Gasteiger partial charge in [0.05, 0.1) is 13.2 Å². The summed E-state index contributed by atoms with van der Waals surface area (Å²) >= 11 is 22.7. The van der Waals surface area contributed by atoms with Crippen LogP contribution in [-0.2, 0) is 20.9 Å². The van der Waals surface area contributed by atoms with Gasteiger partial charge in [-0.05, 0) is 13.8 Å². The molecule has 0 radical (unpaired) electrons. The van der Waals surface area contributed by atoms with Gasteiger partial charge in [-0.3, -0.25) is 9.05 Å². The summed E-state index contributed by atoms with van der Waals surface area (Å²) in [5.74, 6) is 0.201. The largest absolute Gasteiger partial charge is 0.422 e. The van der Waals surface area contributed by atoms with Gasteiger partial charge in [-0.25, -0.2) is 4.98 Å². The summed E-state index contributed by atoms with van der Waals surface area (Å²) in [6, 6.07) is 1.41. The molecule has 1 rings (SSSR count). The van der Waals surface area contributed by atoms with Crippen LogP contribution < -0.4 is 4.52 Å². The number of hydrogen-bond acceptors (Lipinski definition) is 5. The van der Waals surface area contributed by atoms with Gasteiger partial charge in [0, 0.05) is 17.9 Å². The summed E-state index contributed by atoms with van der Waals surface area (Å²) in [6.07, 6.45) is 0. The van der Waals surface area contributed by atoms with E-state index in [1.807, 2.05) is 0 Å². The van der Waals surface area contributed by atoms with Crippen molar-refractivity contribution in [3.63, 3.8) is 0 Å².